The van der Waals surface area contributed by atoms with Crippen molar-refractivity contribution in [2.45, 2.75) is 12.4 Å². The molecular weight excluding hydrogens is 266 g/mol. The van der Waals surface area contributed by atoms with Gasteiger partial charge in [-0.15, -0.1) is 0 Å². The lowest BCUT2D eigenvalue weighted by atomic mass is 10.1. The number of nitrogens with two attached hydrogens (primary N) is 1. The SMILES string of the molecule is Nc1ccc(NC(=O)C(F)(F)F)cc1C(F)(F)F. The maximum atomic E-state index is 12.4. The highest BCUT2D eigenvalue weighted by Gasteiger charge is 2.39. The highest BCUT2D eigenvalue weighted by Crippen LogP contribution is 2.35. The van der Waals surface area contributed by atoms with Crippen LogP contribution in [-0.2, 0) is 11.0 Å². The van der Waals surface area contributed by atoms with E-state index < -0.39 is 35.2 Å². The number of hydrogen-bond acceptors (Lipinski definition) is 2. The molecule has 0 aromatic heterocycles. The number of nitrogens with one attached hydrogen (secondary N) is 1. The van der Waals surface area contributed by atoms with Gasteiger partial charge >= 0.3 is 18.3 Å². The van der Waals surface area contributed by atoms with Crippen LogP contribution in [0.25, 0.3) is 0 Å². The number of hydrogen-bond donors (Lipinski definition) is 2. The van der Waals surface area contributed by atoms with E-state index in [1.54, 1.807) is 0 Å². The molecule has 9 heteroatoms. The molecular formula is C9H6F6N2O. The molecule has 0 aliphatic rings. The average Bonchev–Trinajstić information content (AvgIpc) is 2.17. The van der Waals surface area contributed by atoms with Crippen molar-refractivity contribution < 1.29 is 31.1 Å². The maximum absolute atomic E-state index is 12.4. The molecule has 0 spiro atoms. The Morgan fingerprint density at radius 2 is 1.67 bits per heavy atom. The molecule has 0 aliphatic heterocycles. The molecule has 0 aliphatic carbocycles. The van der Waals surface area contributed by atoms with Gasteiger partial charge in [-0.05, 0) is 18.2 Å². The number of amides is 1. The Labute approximate surface area is 96.6 Å². The summed E-state index contributed by atoms with van der Waals surface area (Å²) < 4.78 is 72.8. The molecule has 3 nitrogen and oxygen atoms in total. The van der Waals surface area contributed by atoms with Crippen molar-refractivity contribution in [3.05, 3.63) is 23.8 Å². The molecule has 18 heavy (non-hydrogen) atoms. The van der Waals surface area contributed by atoms with Crippen LogP contribution in [0.5, 0.6) is 0 Å². The van der Waals surface area contributed by atoms with Gasteiger partial charge < -0.3 is 11.1 Å². The molecule has 1 rings (SSSR count). The molecule has 1 aromatic carbocycles. The number of rotatable bonds is 1. The first-order valence-corrected chi connectivity index (χ1v) is 4.36. The lowest BCUT2D eigenvalue weighted by Crippen LogP contribution is -2.30. The first-order chi connectivity index (χ1) is 8.01. The first kappa shape index (κ1) is 14.1. The third-order valence-corrected chi connectivity index (χ3v) is 1.87. The van der Waals surface area contributed by atoms with Crippen molar-refractivity contribution in [2.24, 2.45) is 0 Å². The number of halogens is 6. The van der Waals surface area contributed by atoms with Crippen LogP contribution in [0.15, 0.2) is 18.2 Å². The zero-order valence-electron chi connectivity index (χ0n) is 8.49. The van der Waals surface area contributed by atoms with Gasteiger partial charge in [0.25, 0.3) is 0 Å². The smallest absolute Gasteiger partial charge is 0.398 e. The number of anilines is 2. The van der Waals surface area contributed by atoms with Crippen molar-refractivity contribution in [1.29, 1.82) is 0 Å². The van der Waals surface area contributed by atoms with Crippen molar-refractivity contribution in [1.82, 2.24) is 0 Å². The van der Waals surface area contributed by atoms with Crippen LogP contribution in [0.3, 0.4) is 0 Å². The van der Waals surface area contributed by atoms with E-state index in [2.05, 4.69) is 0 Å². The molecule has 0 fully saturated rings. The minimum atomic E-state index is -5.18. The van der Waals surface area contributed by atoms with Crippen LogP contribution in [0, 0.1) is 0 Å². The lowest BCUT2D eigenvalue weighted by molar-refractivity contribution is -0.167. The minimum Gasteiger partial charge on any atom is -0.398 e. The Morgan fingerprint density at radius 3 is 2.11 bits per heavy atom. The summed E-state index contributed by atoms with van der Waals surface area (Å²) >= 11 is 0. The molecule has 0 heterocycles. The van der Waals surface area contributed by atoms with Crippen LogP contribution < -0.4 is 11.1 Å². The summed E-state index contributed by atoms with van der Waals surface area (Å²) in [5.41, 5.74) is 2.43. The highest BCUT2D eigenvalue weighted by molar-refractivity contribution is 5.95. The van der Waals surface area contributed by atoms with E-state index in [9.17, 15) is 31.1 Å². The van der Waals surface area contributed by atoms with Gasteiger partial charge in [-0.25, -0.2) is 0 Å². The molecule has 0 saturated heterocycles. The van der Waals surface area contributed by atoms with E-state index in [4.69, 9.17) is 5.73 Å². The molecule has 0 bridgehead atoms. The monoisotopic (exact) mass is 272 g/mol. The van der Waals surface area contributed by atoms with E-state index in [0.717, 1.165) is 12.1 Å². The number of benzene rings is 1. The number of alkyl halides is 6. The second-order valence-corrected chi connectivity index (χ2v) is 3.25. The van der Waals surface area contributed by atoms with Gasteiger partial charge in [0.1, 0.15) is 0 Å². The Bertz CT molecular complexity index is 465. The fourth-order valence-electron chi connectivity index (χ4n) is 1.08. The molecule has 0 atom stereocenters. The molecule has 0 saturated carbocycles. The summed E-state index contributed by atoms with van der Waals surface area (Å²) in [6, 6.07) is 1.93. The van der Waals surface area contributed by atoms with Crippen molar-refractivity contribution in [2.75, 3.05) is 11.1 Å². The van der Waals surface area contributed by atoms with Crippen LogP contribution in [0.2, 0.25) is 0 Å². The van der Waals surface area contributed by atoms with Crippen molar-refractivity contribution in [3.8, 4) is 0 Å². The highest BCUT2D eigenvalue weighted by atomic mass is 19.4. The molecule has 100 valence electrons. The third-order valence-electron chi connectivity index (χ3n) is 1.87. The standard InChI is InChI=1S/C9H6F6N2O/c10-8(11,12)5-3-4(1-2-6(5)16)17-7(18)9(13,14)15/h1-3H,16H2,(H,17,18). The Morgan fingerprint density at radius 1 is 1.11 bits per heavy atom. The Balaban J connectivity index is 3.04. The largest absolute Gasteiger partial charge is 0.471 e. The summed E-state index contributed by atoms with van der Waals surface area (Å²) in [7, 11) is 0. The van der Waals surface area contributed by atoms with Crippen molar-refractivity contribution >= 4 is 17.3 Å². The summed E-state index contributed by atoms with van der Waals surface area (Å²) in [4.78, 5) is 10.5. The third kappa shape index (κ3) is 3.28. The van der Waals surface area contributed by atoms with E-state index in [1.807, 2.05) is 0 Å². The van der Waals surface area contributed by atoms with Gasteiger partial charge in [0.05, 0.1) is 5.56 Å². The van der Waals surface area contributed by atoms with Gasteiger partial charge in [0.2, 0.25) is 0 Å². The van der Waals surface area contributed by atoms with Crippen molar-refractivity contribution in [3.63, 3.8) is 0 Å². The predicted octanol–water partition coefficient (Wildman–Crippen LogP) is 2.79. The second-order valence-electron chi connectivity index (χ2n) is 3.25. The lowest BCUT2D eigenvalue weighted by Gasteiger charge is -2.13. The average molecular weight is 272 g/mol. The predicted molar refractivity (Wildman–Crippen MR) is 50.5 cm³/mol. The van der Waals surface area contributed by atoms with E-state index in [0.29, 0.717) is 6.07 Å². The van der Waals surface area contributed by atoms with Gasteiger partial charge in [-0.1, -0.05) is 0 Å². The second kappa shape index (κ2) is 4.39. The fraction of sp³-hybridized carbons (Fsp3) is 0.222. The first-order valence-electron chi connectivity index (χ1n) is 4.36. The van der Waals surface area contributed by atoms with Gasteiger partial charge in [0, 0.05) is 11.4 Å². The van der Waals surface area contributed by atoms with E-state index >= 15 is 0 Å². The molecule has 0 unspecified atom stereocenters. The summed E-state index contributed by atoms with van der Waals surface area (Å²) in [6.45, 7) is 0. The summed E-state index contributed by atoms with van der Waals surface area (Å²) in [5, 5.41) is 1.30. The van der Waals surface area contributed by atoms with Crippen LogP contribution >= 0.6 is 0 Å². The Kier molecular flexibility index (Phi) is 3.45. The van der Waals surface area contributed by atoms with Gasteiger partial charge in [-0.2, -0.15) is 26.3 Å². The summed E-state index contributed by atoms with van der Waals surface area (Å²) in [6.07, 6.45) is -10.00. The van der Waals surface area contributed by atoms with Gasteiger partial charge in [0.15, 0.2) is 0 Å². The van der Waals surface area contributed by atoms with Crippen LogP contribution in [0.1, 0.15) is 5.56 Å². The molecule has 1 amide bonds. The quantitative estimate of drug-likeness (QED) is 0.610. The van der Waals surface area contributed by atoms with Gasteiger partial charge in [-0.3, -0.25) is 4.79 Å². The van der Waals surface area contributed by atoms with Crippen LogP contribution in [0.4, 0.5) is 37.7 Å². The zero-order valence-corrected chi connectivity index (χ0v) is 8.49. The number of carbonyl (C=O) groups excluding carboxylic acids is 1. The number of carbonyl (C=O) groups is 1. The minimum absolute atomic E-state index is 0.332. The molecule has 1 aromatic rings. The molecule has 3 N–H and O–H groups in total. The maximum Gasteiger partial charge on any atom is 0.471 e. The number of nitrogen functional groups attached to an aromatic ring is 1. The topological polar surface area (TPSA) is 55.1 Å². The van der Waals surface area contributed by atoms with E-state index in [1.165, 1.54) is 5.32 Å². The normalized spacial score (nSPS) is 12.3. The Hall–Kier alpha value is -1.93. The summed E-state index contributed by atoms with van der Waals surface area (Å²) in [5.74, 6) is -2.36. The zero-order chi connectivity index (χ0) is 14.1. The van der Waals surface area contributed by atoms with E-state index in [-0.39, 0.29) is 0 Å². The molecule has 0 radical (unpaired) electrons. The fourth-order valence-corrected chi connectivity index (χ4v) is 1.08. The van der Waals surface area contributed by atoms with Crippen LogP contribution in [-0.4, -0.2) is 12.1 Å².